The van der Waals surface area contributed by atoms with Crippen molar-refractivity contribution in [3.63, 3.8) is 0 Å². The van der Waals surface area contributed by atoms with E-state index in [1.54, 1.807) is 0 Å². The summed E-state index contributed by atoms with van der Waals surface area (Å²) in [4.78, 5) is 2.42. The van der Waals surface area contributed by atoms with Crippen molar-refractivity contribution in [1.29, 1.82) is 0 Å². The summed E-state index contributed by atoms with van der Waals surface area (Å²) in [6, 6.07) is 1.43. The summed E-state index contributed by atoms with van der Waals surface area (Å²) in [7, 11) is 2.20. The van der Waals surface area contributed by atoms with Gasteiger partial charge in [0.15, 0.2) is 0 Å². The number of aliphatic hydroxyl groups excluding tert-OH is 1. The molecule has 0 aromatic heterocycles. The van der Waals surface area contributed by atoms with Crippen molar-refractivity contribution >= 4 is 0 Å². The van der Waals surface area contributed by atoms with Gasteiger partial charge in [0.25, 0.3) is 0 Å². The van der Waals surface area contributed by atoms with E-state index in [1.165, 1.54) is 6.42 Å². The molecule has 2 N–H and O–H groups in total. The van der Waals surface area contributed by atoms with Crippen LogP contribution in [0, 0.1) is 11.8 Å². The average Bonchev–Trinajstić information content (AvgIpc) is 2.21. The van der Waals surface area contributed by atoms with Crippen LogP contribution in [0.3, 0.4) is 0 Å². The number of rotatable bonds is 4. The van der Waals surface area contributed by atoms with Crippen molar-refractivity contribution in [1.82, 2.24) is 10.2 Å². The molecule has 0 amide bonds. The van der Waals surface area contributed by atoms with Gasteiger partial charge in [0.2, 0.25) is 0 Å². The van der Waals surface area contributed by atoms with Gasteiger partial charge < -0.3 is 15.3 Å². The minimum atomic E-state index is 0.239. The summed E-state index contributed by atoms with van der Waals surface area (Å²) in [6.07, 6.45) is 1.18. The zero-order valence-electron chi connectivity index (χ0n) is 11.4. The van der Waals surface area contributed by atoms with Crippen LogP contribution in [0.5, 0.6) is 0 Å². The van der Waals surface area contributed by atoms with Crippen molar-refractivity contribution in [2.45, 2.75) is 52.2 Å². The molecule has 0 aromatic rings. The van der Waals surface area contributed by atoms with Crippen molar-refractivity contribution in [2.24, 2.45) is 11.8 Å². The summed E-state index contributed by atoms with van der Waals surface area (Å²) in [6.45, 7) is 10.3. The number of likely N-dealkylation sites (tertiary alicyclic amines) is 1. The molecular formula is C13H28N2O. The van der Waals surface area contributed by atoms with Crippen LogP contribution in [-0.2, 0) is 0 Å². The van der Waals surface area contributed by atoms with Gasteiger partial charge in [-0.05, 0) is 32.2 Å². The minimum Gasteiger partial charge on any atom is -0.395 e. The van der Waals surface area contributed by atoms with Crippen LogP contribution in [0.2, 0.25) is 0 Å². The van der Waals surface area contributed by atoms with Gasteiger partial charge in [-0.3, -0.25) is 0 Å². The fourth-order valence-electron chi connectivity index (χ4n) is 2.50. The van der Waals surface area contributed by atoms with Crippen molar-refractivity contribution in [3.8, 4) is 0 Å². The molecule has 0 bridgehead atoms. The molecule has 1 aliphatic rings. The Morgan fingerprint density at radius 1 is 1.38 bits per heavy atom. The highest BCUT2D eigenvalue weighted by Crippen LogP contribution is 2.21. The first kappa shape index (κ1) is 13.9. The van der Waals surface area contributed by atoms with Crippen LogP contribution in [0.4, 0.5) is 0 Å². The Labute approximate surface area is 100 Å². The lowest BCUT2D eigenvalue weighted by Crippen LogP contribution is -2.55. The Balaban J connectivity index is 2.52. The maximum atomic E-state index is 9.36. The van der Waals surface area contributed by atoms with Crippen LogP contribution < -0.4 is 5.32 Å². The van der Waals surface area contributed by atoms with Gasteiger partial charge in [-0.25, -0.2) is 0 Å². The van der Waals surface area contributed by atoms with E-state index < -0.39 is 0 Å². The first-order chi connectivity index (χ1) is 7.45. The number of nitrogens with one attached hydrogen (secondary N) is 1. The Hall–Kier alpha value is -0.120. The molecule has 1 fully saturated rings. The lowest BCUT2D eigenvalue weighted by molar-refractivity contribution is 0.0990. The van der Waals surface area contributed by atoms with E-state index in [0.717, 1.165) is 6.54 Å². The standard InChI is InChI=1S/C13H28N2O/c1-9(2)13(8-16)14-12-6-11(4)15(5)7-10(12)3/h9-14,16H,6-8H2,1-5H3. The molecule has 16 heavy (non-hydrogen) atoms. The van der Waals surface area contributed by atoms with E-state index >= 15 is 0 Å². The second-order valence-electron chi connectivity index (χ2n) is 5.81. The zero-order valence-corrected chi connectivity index (χ0v) is 11.4. The van der Waals surface area contributed by atoms with Gasteiger partial charge in [0.1, 0.15) is 0 Å². The van der Waals surface area contributed by atoms with Gasteiger partial charge in [-0.1, -0.05) is 20.8 Å². The first-order valence-corrected chi connectivity index (χ1v) is 6.52. The monoisotopic (exact) mass is 228 g/mol. The molecule has 0 spiro atoms. The Morgan fingerprint density at radius 2 is 2.00 bits per heavy atom. The van der Waals surface area contributed by atoms with Crippen LogP contribution in [0.25, 0.3) is 0 Å². The molecule has 96 valence electrons. The Kier molecular flexibility index (Phi) is 5.22. The second-order valence-corrected chi connectivity index (χ2v) is 5.81. The molecule has 0 aliphatic carbocycles. The van der Waals surface area contributed by atoms with Crippen molar-refractivity contribution in [3.05, 3.63) is 0 Å². The van der Waals surface area contributed by atoms with Crippen LogP contribution >= 0.6 is 0 Å². The van der Waals surface area contributed by atoms with Crippen molar-refractivity contribution in [2.75, 3.05) is 20.2 Å². The third kappa shape index (κ3) is 3.44. The predicted octanol–water partition coefficient (Wildman–Crippen LogP) is 1.32. The average molecular weight is 228 g/mol. The third-order valence-corrected chi connectivity index (χ3v) is 4.04. The summed E-state index contributed by atoms with van der Waals surface area (Å²) >= 11 is 0. The lowest BCUT2D eigenvalue weighted by Gasteiger charge is -2.42. The molecule has 3 nitrogen and oxygen atoms in total. The number of piperidine rings is 1. The number of hydrogen-bond acceptors (Lipinski definition) is 3. The van der Waals surface area contributed by atoms with Crippen LogP contribution in [0.15, 0.2) is 0 Å². The quantitative estimate of drug-likeness (QED) is 0.762. The van der Waals surface area contributed by atoms with Gasteiger partial charge in [-0.15, -0.1) is 0 Å². The highest BCUT2D eigenvalue weighted by atomic mass is 16.3. The summed E-state index contributed by atoms with van der Waals surface area (Å²) in [5.41, 5.74) is 0. The largest absolute Gasteiger partial charge is 0.395 e. The Morgan fingerprint density at radius 3 is 2.50 bits per heavy atom. The molecule has 0 saturated carbocycles. The van der Waals surface area contributed by atoms with E-state index in [2.05, 4.69) is 45.0 Å². The van der Waals surface area contributed by atoms with Crippen LogP contribution in [-0.4, -0.2) is 48.3 Å². The summed E-state index contributed by atoms with van der Waals surface area (Å²) in [5.74, 6) is 1.15. The zero-order chi connectivity index (χ0) is 12.3. The fraction of sp³-hybridized carbons (Fsp3) is 1.00. The predicted molar refractivity (Wildman–Crippen MR) is 68.5 cm³/mol. The maximum absolute atomic E-state index is 9.36. The van der Waals surface area contributed by atoms with Gasteiger partial charge in [-0.2, -0.15) is 0 Å². The van der Waals surface area contributed by atoms with Gasteiger partial charge in [0.05, 0.1) is 6.61 Å². The van der Waals surface area contributed by atoms with E-state index in [4.69, 9.17) is 0 Å². The highest BCUT2D eigenvalue weighted by Gasteiger charge is 2.30. The normalized spacial score (nSPS) is 34.3. The molecule has 1 rings (SSSR count). The molecule has 1 saturated heterocycles. The third-order valence-electron chi connectivity index (χ3n) is 4.04. The topological polar surface area (TPSA) is 35.5 Å². The SMILES string of the molecule is CC(C)C(CO)NC1CC(C)N(C)CC1C. The number of aliphatic hydroxyl groups is 1. The van der Waals surface area contributed by atoms with Gasteiger partial charge >= 0.3 is 0 Å². The molecule has 1 heterocycles. The molecule has 0 radical (unpaired) electrons. The van der Waals surface area contributed by atoms with E-state index in [9.17, 15) is 5.11 Å². The van der Waals surface area contributed by atoms with Crippen LogP contribution in [0.1, 0.15) is 34.1 Å². The highest BCUT2D eigenvalue weighted by molar-refractivity contribution is 4.88. The molecule has 0 aromatic carbocycles. The number of nitrogens with zero attached hydrogens (tertiary/aromatic N) is 1. The molecule has 4 atom stereocenters. The smallest absolute Gasteiger partial charge is 0.0587 e. The molecular weight excluding hydrogens is 200 g/mol. The summed E-state index contributed by atoms with van der Waals surface area (Å²) in [5, 5.41) is 13.0. The molecule has 3 heteroatoms. The van der Waals surface area contributed by atoms with E-state index in [-0.39, 0.29) is 12.6 Å². The molecule has 4 unspecified atom stereocenters. The fourth-order valence-corrected chi connectivity index (χ4v) is 2.50. The minimum absolute atomic E-state index is 0.239. The van der Waals surface area contributed by atoms with Gasteiger partial charge in [0, 0.05) is 24.7 Å². The second kappa shape index (κ2) is 5.99. The number of hydrogen-bond donors (Lipinski definition) is 2. The van der Waals surface area contributed by atoms with Crippen molar-refractivity contribution < 1.29 is 5.11 Å². The van der Waals surface area contributed by atoms with E-state index in [0.29, 0.717) is 23.9 Å². The summed E-state index contributed by atoms with van der Waals surface area (Å²) < 4.78 is 0. The first-order valence-electron chi connectivity index (χ1n) is 6.52. The lowest BCUT2D eigenvalue weighted by atomic mass is 9.88. The maximum Gasteiger partial charge on any atom is 0.0587 e. The Bertz CT molecular complexity index is 208. The van der Waals surface area contributed by atoms with E-state index in [1.807, 2.05) is 0 Å². The molecule has 1 aliphatic heterocycles.